The van der Waals surface area contributed by atoms with Crippen LogP contribution in [0.15, 0.2) is 23.8 Å². The summed E-state index contributed by atoms with van der Waals surface area (Å²) < 4.78 is 11.9. The first-order valence-electron chi connectivity index (χ1n) is 16.3. The van der Waals surface area contributed by atoms with Gasteiger partial charge in [-0.05, 0) is 66.4 Å². The number of aliphatic hydroxyl groups excluding tert-OH is 1. The Morgan fingerprint density at radius 1 is 1.19 bits per heavy atom. The van der Waals surface area contributed by atoms with Gasteiger partial charge in [0, 0.05) is 27.6 Å². The topological polar surface area (TPSA) is 116 Å². The molecule has 1 unspecified atom stereocenters. The number of amides is 1. The number of aliphatic hydroxyl groups is 1. The summed E-state index contributed by atoms with van der Waals surface area (Å²) in [4.78, 5) is 35.1. The molecule has 3 aliphatic rings. The monoisotopic (exact) mass is 605 g/mol. The van der Waals surface area contributed by atoms with Crippen molar-refractivity contribution in [3.05, 3.63) is 23.8 Å². The molecule has 1 saturated heterocycles. The average molecular weight is 606 g/mol. The zero-order valence-corrected chi connectivity index (χ0v) is 28.9. The van der Waals surface area contributed by atoms with Crippen molar-refractivity contribution in [3.8, 4) is 0 Å². The van der Waals surface area contributed by atoms with Gasteiger partial charge in [-0.1, -0.05) is 79.8 Å². The Labute approximate surface area is 256 Å². The number of hydrogen-bond acceptors (Lipinski definition) is 6. The molecule has 0 aromatic rings. The summed E-state index contributed by atoms with van der Waals surface area (Å²) in [7, 11) is -0.919. The minimum atomic E-state index is -0.919. The minimum Gasteiger partial charge on any atom is -0.462 e. The van der Waals surface area contributed by atoms with Crippen molar-refractivity contribution in [1.82, 2.24) is 0 Å². The number of allylic oxidation sites excluding steroid dienone is 3. The predicted octanol–water partition coefficient (Wildman–Crippen LogP) is 6.35. The van der Waals surface area contributed by atoms with Gasteiger partial charge in [0.15, 0.2) is 0 Å². The van der Waals surface area contributed by atoms with E-state index in [1.807, 2.05) is 13.8 Å². The van der Waals surface area contributed by atoms with Crippen LogP contribution in [0.2, 0.25) is 18.6 Å². The van der Waals surface area contributed by atoms with Crippen LogP contribution in [0.5, 0.6) is 0 Å². The molecule has 1 amide bonds. The Bertz CT molecular complexity index is 970. The van der Waals surface area contributed by atoms with Gasteiger partial charge in [-0.3, -0.25) is 14.4 Å². The van der Waals surface area contributed by atoms with Gasteiger partial charge in [-0.25, -0.2) is 0 Å². The summed E-state index contributed by atoms with van der Waals surface area (Å²) in [6.07, 6.45) is 11.2. The molecular weight excluding hydrogens is 546 g/mol. The Hall–Kier alpha value is -1.93. The van der Waals surface area contributed by atoms with Gasteiger partial charge in [-0.2, -0.15) is 0 Å². The molecule has 0 radical (unpaired) electrons. The largest absolute Gasteiger partial charge is 0.462 e. The summed E-state index contributed by atoms with van der Waals surface area (Å²) in [5, 5.41) is 10.0. The van der Waals surface area contributed by atoms with E-state index in [2.05, 4.69) is 65.9 Å². The maximum atomic E-state index is 13.4. The molecule has 0 bridgehead atoms. The van der Waals surface area contributed by atoms with Crippen molar-refractivity contribution in [2.75, 3.05) is 0 Å². The number of ether oxygens (including phenoxy) is 2. The molecular formula is C34H59NO6Si. The summed E-state index contributed by atoms with van der Waals surface area (Å²) >= 11 is 0. The number of cyclic esters (lactones) is 1. The fourth-order valence-corrected chi connectivity index (χ4v) is 10.2. The van der Waals surface area contributed by atoms with E-state index >= 15 is 0 Å². The molecule has 42 heavy (non-hydrogen) atoms. The highest BCUT2D eigenvalue weighted by Gasteiger charge is 2.42. The number of esters is 2. The van der Waals surface area contributed by atoms with E-state index in [0.717, 1.165) is 32.1 Å². The maximum Gasteiger partial charge on any atom is 0.308 e. The van der Waals surface area contributed by atoms with Gasteiger partial charge >= 0.3 is 11.9 Å². The molecule has 0 aromatic heterocycles. The normalized spacial score (nSPS) is 30.7. The Balaban J connectivity index is 0.000000928. The van der Waals surface area contributed by atoms with E-state index in [1.54, 1.807) is 0 Å². The lowest BCUT2D eigenvalue weighted by Crippen LogP contribution is -2.42. The molecule has 0 saturated carbocycles. The molecule has 1 fully saturated rings. The van der Waals surface area contributed by atoms with Gasteiger partial charge in [0.2, 0.25) is 5.91 Å². The molecule has 0 spiro atoms. The van der Waals surface area contributed by atoms with Crippen LogP contribution in [0.4, 0.5) is 0 Å². The lowest BCUT2D eigenvalue weighted by Gasteiger charge is -2.44. The van der Waals surface area contributed by atoms with E-state index < -0.39 is 14.9 Å². The summed E-state index contributed by atoms with van der Waals surface area (Å²) in [5.41, 5.74) is 6.83. The number of carbonyl (C=O) groups is 3. The van der Waals surface area contributed by atoms with E-state index in [0.29, 0.717) is 36.1 Å². The second-order valence-corrected chi connectivity index (χ2v) is 17.9. The van der Waals surface area contributed by atoms with Crippen molar-refractivity contribution in [2.45, 2.75) is 137 Å². The molecule has 2 aliphatic carbocycles. The lowest BCUT2D eigenvalue weighted by molar-refractivity contribution is -0.162. The number of carbonyl (C=O) groups excluding carboxylic acids is 3. The molecule has 1 aliphatic heterocycles. The zero-order chi connectivity index (χ0) is 31.8. The van der Waals surface area contributed by atoms with Gasteiger partial charge in [0.05, 0.1) is 18.4 Å². The first-order chi connectivity index (χ1) is 19.5. The third-order valence-electron chi connectivity index (χ3n) is 9.34. The highest BCUT2D eigenvalue weighted by atomic mass is 28.3. The van der Waals surface area contributed by atoms with Crippen LogP contribution in [-0.2, 0) is 23.9 Å². The van der Waals surface area contributed by atoms with Crippen LogP contribution in [0.1, 0.15) is 99.8 Å². The third kappa shape index (κ3) is 11.0. The van der Waals surface area contributed by atoms with Gasteiger partial charge in [0.1, 0.15) is 12.2 Å². The Kier molecular flexibility index (Phi) is 14.0. The quantitative estimate of drug-likeness (QED) is 0.221. The predicted molar refractivity (Wildman–Crippen MR) is 171 cm³/mol. The molecule has 3 rings (SSSR count). The van der Waals surface area contributed by atoms with Crippen molar-refractivity contribution in [2.24, 2.45) is 40.7 Å². The molecule has 9 atom stereocenters. The molecule has 0 aromatic carbocycles. The summed E-state index contributed by atoms with van der Waals surface area (Å²) in [6.45, 7) is 20.1. The molecule has 1 heterocycles. The maximum absolute atomic E-state index is 13.4. The van der Waals surface area contributed by atoms with Crippen LogP contribution in [0, 0.1) is 35.0 Å². The van der Waals surface area contributed by atoms with Crippen molar-refractivity contribution < 1.29 is 29.0 Å². The molecule has 3 N–H and O–H groups in total. The van der Waals surface area contributed by atoms with Crippen LogP contribution >= 0.6 is 0 Å². The zero-order valence-electron chi connectivity index (χ0n) is 27.7. The Morgan fingerprint density at radius 2 is 1.86 bits per heavy atom. The van der Waals surface area contributed by atoms with Gasteiger partial charge in [-0.15, -0.1) is 0 Å². The number of nitrogens with two attached hydrogens (primary N) is 1. The van der Waals surface area contributed by atoms with Crippen molar-refractivity contribution >= 4 is 26.6 Å². The van der Waals surface area contributed by atoms with Gasteiger partial charge < -0.3 is 20.3 Å². The number of hydrogen-bond donors (Lipinski definition) is 2. The average Bonchev–Trinajstić information content (AvgIpc) is 2.85. The van der Waals surface area contributed by atoms with Crippen molar-refractivity contribution in [3.63, 3.8) is 0 Å². The standard InChI is InChI=1S/C30H50O5Si.C4H9NO/c1-18-13-21-10-9-19(2)24(12-11-23-16-22(31)17-27(32)34-23)28(21)25(14-18)35-29(33)20(3)15-26(36(7)8)30(4,5)6;1-2-3-4(5)6/h9-10,13,18-20,22-26,28,31,36H,11-12,14-17H2,1-8H3;2-3H2,1H3,(H2,5,6)/t18-,19-,20-,22+,23-,24-,25-,26?,28-;/m0./s1. The van der Waals surface area contributed by atoms with Crippen LogP contribution < -0.4 is 5.73 Å². The van der Waals surface area contributed by atoms with E-state index in [9.17, 15) is 19.5 Å². The molecule has 240 valence electrons. The highest BCUT2D eigenvalue weighted by Crippen LogP contribution is 2.46. The molecule has 8 heteroatoms. The second-order valence-electron chi connectivity index (χ2n) is 14.6. The number of primary amides is 1. The SMILES string of the molecule is CCCC(N)=O.C[C@H]1C=C2C=C[C@H](C)[C@H](CC[C@H]3C[C@@H](O)CC(=O)O3)[C@H]2[C@@H](OC(=O)[C@@H](C)CC([SiH](C)C)C(C)(C)C)C1. The van der Waals surface area contributed by atoms with E-state index in [1.165, 1.54) is 5.57 Å². The smallest absolute Gasteiger partial charge is 0.308 e. The first-order valence-corrected chi connectivity index (χ1v) is 19.3. The van der Waals surface area contributed by atoms with Gasteiger partial charge in [0.25, 0.3) is 0 Å². The van der Waals surface area contributed by atoms with E-state index in [4.69, 9.17) is 15.2 Å². The summed E-state index contributed by atoms with van der Waals surface area (Å²) in [5.74, 6) is 0.515. The minimum absolute atomic E-state index is 0.0531. The first kappa shape index (κ1) is 36.3. The molecule has 7 nitrogen and oxygen atoms in total. The van der Waals surface area contributed by atoms with Crippen LogP contribution in [0.25, 0.3) is 0 Å². The Morgan fingerprint density at radius 3 is 2.38 bits per heavy atom. The fourth-order valence-electron chi connectivity index (χ4n) is 7.25. The third-order valence-corrected chi connectivity index (χ3v) is 12.2. The lowest BCUT2D eigenvalue weighted by atomic mass is 9.65. The second kappa shape index (κ2) is 16.2. The highest BCUT2D eigenvalue weighted by molar-refractivity contribution is 6.57. The van der Waals surface area contributed by atoms with Crippen LogP contribution in [0.3, 0.4) is 0 Å². The number of rotatable bonds is 10. The van der Waals surface area contributed by atoms with Crippen molar-refractivity contribution in [1.29, 1.82) is 0 Å². The summed E-state index contributed by atoms with van der Waals surface area (Å²) in [6, 6.07) is 0. The van der Waals surface area contributed by atoms with E-state index in [-0.39, 0.29) is 53.7 Å². The number of fused-ring (bicyclic) bond motifs is 1. The van der Waals surface area contributed by atoms with Crippen LogP contribution in [-0.4, -0.2) is 50.1 Å². The fraction of sp³-hybridized carbons (Fsp3) is 0.794.